The van der Waals surface area contributed by atoms with Crippen LogP contribution in [0.2, 0.25) is 0 Å². The van der Waals surface area contributed by atoms with Crippen molar-refractivity contribution >= 4 is 14.7 Å². The Kier molecular flexibility index (Phi) is 7.12. The Hall–Kier alpha value is 0.380. The summed E-state index contributed by atoms with van der Waals surface area (Å²) in [6.07, 6.45) is 2.24. The molecule has 0 aliphatic heterocycles. The lowest BCUT2D eigenvalue weighted by atomic mass is 10.4. The van der Waals surface area contributed by atoms with Gasteiger partial charge in [-0.2, -0.15) is 0 Å². The van der Waals surface area contributed by atoms with Gasteiger partial charge in [0, 0.05) is 24.1 Å². The Labute approximate surface area is 98.4 Å². The molecule has 3 atom stereocenters. The molecule has 0 saturated heterocycles. The van der Waals surface area contributed by atoms with E-state index in [1.54, 1.807) is 6.92 Å². The smallest absolute Gasteiger partial charge is 0.204 e. The van der Waals surface area contributed by atoms with Gasteiger partial charge in [-0.25, -0.2) is 0 Å². The summed E-state index contributed by atoms with van der Waals surface area (Å²) in [6.45, 7) is 5.49. The van der Waals surface area contributed by atoms with Crippen molar-refractivity contribution in [1.29, 1.82) is 0 Å². The third-order valence-corrected chi connectivity index (χ3v) is 7.88. The molecule has 0 aromatic rings. The molecule has 0 spiro atoms. The van der Waals surface area contributed by atoms with Crippen LogP contribution in [0.1, 0.15) is 40.0 Å². The Bertz CT molecular complexity index is 291. The highest BCUT2D eigenvalue weighted by molar-refractivity contribution is 7.62. The second-order valence-electron chi connectivity index (χ2n) is 4.29. The van der Waals surface area contributed by atoms with Gasteiger partial charge in [0.15, 0.2) is 0 Å². The van der Waals surface area contributed by atoms with Crippen LogP contribution >= 0.6 is 14.7 Å². The number of hydrogen-bond acceptors (Lipinski definition) is 2. The van der Waals surface area contributed by atoms with Crippen molar-refractivity contribution in [2.75, 3.05) is 18.5 Å². The van der Waals surface area contributed by atoms with Crippen molar-refractivity contribution < 1.29 is 18.9 Å². The predicted octanol–water partition coefficient (Wildman–Crippen LogP) is 3.13. The van der Waals surface area contributed by atoms with Crippen LogP contribution in [-0.4, -0.2) is 33.9 Å². The van der Waals surface area contributed by atoms with Crippen LogP contribution in [0.5, 0.6) is 0 Å². The summed E-state index contributed by atoms with van der Waals surface area (Å²) in [4.78, 5) is 19.5. The lowest BCUT2D eigenvalue weighted by Crippen LogP contribution is -2.16. The summed E-state index contributed by atoms with van der Waals surface area (Å²) in [6, 6.07) is 0. The van der Waals surface area contributed by atoms with Gasteiger partial charge in [0.25, 0.3) is 0 Å². The molecule has 0 aromatic heterocycles. The summed E-state index contributed by atoms with van der Waals surface area (Å²) in [5.41, 5.74) is -0.519. The van der Waals surface area contributed by atoms with Crippen molar-refractivity contribution in [1.82, 2.24) is 0 Å². The first-order valence-corrected chi connectivity index (χ1v) is 9.85. The summed E-state index contributed by atoms with van der Waals surface area (Å²) in [5, 5.41) is 0. The maximum absolute atomic E-state index is 12.0. The molecule has 3 unspecified atom stereocenters. The maximum atomic E-state index is 12.0. The first kappa shape index (κ1) is 16.4. The van der Waals surface area contributed by atoms with E-state index in [0.29, 0.717) is 19.3 Å². The third kappa shape index (κ3) is 5.63. The fraction of sp³-hybridized carbons (Fsp3) is 1.00. The van der Waals surface area contributed by atoms with E-state index in [0.717, 1.165) is 0 Å². The van der Waals surface area contributed by atoms with E-state index in [9.17, 15) is 18.9 Å². The average molecular weight is 270 g/mol. The van der Waals surface area contributed by atoms with Crippen LogP contribution in [0.3, 0.4) is 0 Å². The van der Waals surface area contributed by atoms with Crippen LogP contribution in [0.25, 0.3) is 0 Å². The van der Waals surface area contributed by atoms with E-state index in [-0.39, 0.29) is 18.5 Å². The quantitative estimate of drug-likeness (QED) is 0.664. The first-order chi connectivity index (χ1) is 7.29. The molecule has 0 amide bonds. The maximum Gasteiger partial charge on any atom is 0.204 e. The highest BCUT2D eigenvalue weighted by Gasteiger charge is 2.34. The average Bonchev–Trinajstić information content (AvgIpc) is 2.13. The standard InChI is InChI=1S/C10H24O4P2/c1-4-7-15(11,12)9-10(6-3)16(13,14)8-5-2/h10H,4-9H2,1-3H3,(H,11,12)(H,13,14). The number of hydrogen-bond donors (Lipinski definition) is 2. The normalized spacial score (nSPS) is 21.1. The Morgan fingerprint density at radius 1 is 1.00 bits per heavy atom. The molecule has 0 fully saturated rings. The van der Waals surface area contributed by atoms with Crippen molar-refractivity contribution in [3.8, 4) is 0 Å². The van der Waals surface area contributed by atoms with Crippen LogP contribution in [0.15, 0.2) is 0 Å². The second-order valence-corrected chi connectivity index (χ2v) is 9.49. The number of rotatable bonds is 8. The summed E-state index contributed by atoms with van der Waals surface area (Å²) < 4.78 is 23.7. The minimum Gasteiger partial charge on any atom is -0.344 e. The lowest BCUT2D eigenvalue weighted by Gasteiger charge is -2.23. The third-order valence-electron chi connectivity index (χ3n) is 2.65. The van der Waals surface area contributed by atoms with E-state index in [4.69, 9.17) is 0 Å². The van der Waals surface area contributed by atoms with Crippen molar-refractivity contribution in [3.63, 3.8) is 0 Å². The van der Waals surface area contributed by atoms with Crippen LogP contribution in [0.4, 0.5) is 0 Å². The molecule has 6 heteroatoms. The predicted molar refractivity (Wildman–Crippen MR) is 68.9 cm³/mol. The molecule has 0 rings (SSSR count). The summed E-state index contributed by atoms with van der Waals surface area (Å²) in [5.74, 6) is 0. The molecule has 4 nitrogen and oxygen atoms in total. The monoisotopic (exact) mass is 270 g/mol. The van der Waals surface area contributed by atoms with E-state index in [1.165, 1.54) is 0 Å². The van der Waals surface area contributed by atoms with E-state index >= 15 is 0 Å². The molecule has 0 aliphatic rings. The Balaban J connectivity index is 4.64. The SMILES string of the molecule is CCCP(=O)(O)CC(CC)P(=O)(O)CCC. The molecule has 0 aliphatic carbocycles. The molecule has 0 heterocycles. The van der Waals surface area contributed by atoms with Gasteiger partial charge >= 0.3 is 0 Å². The van der Waals surface area contributed by atoms with Crippen LogP contribution < -0.4 is 0 Å². The zero-order valence-corrected chi connectivity index (χ0v) is 12.2. The molecule has 0 saturated carbocycles. The minimum atomic E-state index is -3.26. The van der Waals surface area contributed by atoms with Crippen molar-refractivity contribution in [2.45, 2.75) is 45.7 Å². The Morgan fingerprint density at radius 3 is 1.88 bits per heavy atom. The zero-order valence-electron chi connectivity index (χ0n) is 10.4. The molecule has 98 valence electrons. The fourth-order valence-electron chi connectivity index (χ4n) is 1.81. The topological polar surface area (TPSA) is 74.6 Å². The van der Waals surface area contributed by atoms with Crippen molar-refractivity contribution in [3.05, 3.63) is 0 Å². The molecule has 16 heavy (non-hydrogen) atoms. The first-order valence-electron chi connectivity index (χ1n) is 5.91. The minimum absolute atomic E-state index is 0.00881. The van der Waals surface area contributed by atoms with Gasteiger partial charge in [0.2, 0.25) is 14.7 Å². The van der Waals surface area contributed by atoms with Gasteiger partial charge in [0.05, 0.1) is 0 Å². The molecule has 0 bridgehead atoms. The van der Waals surface area contributed by atoms with Gasteiger partial charge in [-0.1, -0.05) is 20.8 Å². The van der Waals surface area contributed by atoms with Gasteiger partial charge < -0.3 is 9.79 Å². The zero-order chi connectivity index (χ0) is 12.8. The van der Waals surface area contributed by atoms with E-state index < -0.39 is 20.4 Å². The van der Waals surface area contributed by atoms with Gasteiger partial charge in [-0.3, -0.25) is 9.13 Å². The molecular weight excluding hydrogens is 246 g/mol. The molecule has 2 N–H and O–H groups in total. The summed E-state index contributed by atoms with van der Waals surface area (Å²) in [7, 11) is -6.47. The highest BCUT2D eigenvalue weighted by atomic mass is 31.2. The van der Waals surface area contributed by atoms with Gasteiger partial charge in [-0.05, 0) is 19.3 Å². The second kappa shape index (κ2) is 6.96. The van der Waals surface area contributed by atoms with Gasteiger partial charge in [0.1, 0.15) is 0 Å². The van der Waals surface area contributed by atoms with E-state index in [1.807, 2.05) is 13.8 Å². The lowest BCUT2D eigenvalue weighted by molar-refractivity contribution is 0.450. The van der Waals surface area contributed by atoms with E-state index in [2.05, 4.69) is 0 Å². The molecular formula is C10H24O4P2. The van der Waals surface area contributed by atoms with Gasteiger partial charge in [-0.15, -0.1) is 0 Å². The highest BCUT2D eigenvalue weighted by Crippen LogP contribution is 2.54. The Morgan fingerprint density at radius 2 is 1.50 bits per heavy atom. The van der Waals surface area contributed by atoms with Crippen LogP contribution in [0, 0.1) is 0 Å². The van der Waals surface area contributed by atoms with Crippen molar-refractivity contribution in [2.24, 2.45) is 0 Å². The largest absolute Gasteiger partial charge is 0.344 e. The molecule has 0 aromatic carbocycles. The molecule has 0 radical (unpaired) electrons. The summed E-state index contributed by atoms with van der Waals surface area (Å²) >= 11 is 0. The fourth-order valence-corrected chi connectivity index (χ4v) is 6.98. The van der Waals surface area contributed by atoms with Crippen LogP contribution in [-0.2, 0) is 9.13 Å².